The third-order valence-electron chi connectivity index (χ3n) is 6.13. The van der Waals surface area contributed by atoms with Gasteiger partial charge in [-0.25, -0.2) is 4.98 Å². The molecule has 0 unspecified atom stereocenters. The molecule has 1 aliphatic heterocycles. The summed E-state index contributed by atoms with van der Waals surface area (Å²) in [6.45, 7) is 12.6. The Morgan fingerprint density at radius 2 is 1.85 bits per heavy atom. The SMILES string of the molecule is CCN1CCN(Cc2nc3cc(NC(=O)c4cccc([N+](=O)[O-])c4)ccc3n2C(C)C)CC1. The van der Waals surface area contributed by atoms with Crippen molar-refractivity contribution in [3.05, 3.63) is 64.0 Å². The molecule has 2 heterocycles. The number of non-ortho nitro benzene ring substituents is 1. The summed E-state index contributed by atoms with van der Waals surface area (Å²) in [6.07, 6.45) is 0. The molecule has 4 rings (SSSR count). The summed E-state index contributed by atoms with van der Waals surface area (Å²) in [6, 6.07) is 11.7. The van der Waals surface area contributed by atoms with E-state index in [1.807, 2.05) is 18.2 Å². The van der Waals surface area contributed by atoms with E-state index in [1.54, 1.807) is 6.07 Å². The average molecular weight is 451 g/mol. The van der Waals surface area contributed by atoms with Crippen LogP contribution >= 0.6 is 0 Å². The largest absolute Gasteiger partial charge is 0.324 e. The first-order chi connectivity index (χ1) is 15.9. The molecule has 0 bridgehead atoms. The fourth-order valence-electron chi connectivity index (χ4n) is 4.34. The highest BCUT2D eigenvalue weighted by molar-refractivity contribution is 6.05. The summed E-state index contributed by atoms with van der Waals surface area (Å²) >= 11 is 0. The Morgan fingerprint density at radius 1 is 1.12 bits per heavy atom. The van der Waals surface area contributed by atoms with E-state index in [-0.39, 0.29) is 17.3 Å². The lowest BCUT2D eigenvalue weighted by Crippen LogP contribution is -2.45. The van der Waals surface area contributed by atoms with Crippen LogP contribution in [0.3, 0.4) is 0 Å². The van der Waals surface area contributed by atoms with Gasteiger partial charge in [0.05, 0.1) is 22.5 Å². The third-order valence-corrected chi connectivity index (χ3v) is 6.13. The van der Waals surface area contributed by atoms with Crippen LogP contribution in [0.15, 0.2) is 42.5 Å². The van der Waals surface area contributed by atoms with Gasteiger partial charge in [-0.15, -0.1) is 0 Å². The second kappa shape index (κ2) is 9.68. The molecule has 1 aromatic heterocycles. The number of piperazine rings is 1. The number of likely N-dealkylation sites (N-methyl/N-ethyl adjacent to an activating group) is 1. The molecule has 3 aromatic rings. The highest BCUT2D eigenvalue weighted by Crippen LogP contribution is 2.26. The van der Waals surface area contributed by atoms with Crippen LogP contribution in [0, 0.1) is 10.1 Å². The molecule has 9 heteroatoms. The van der Waals surface area contributed by atoms with Gasteiger partial charge in [-0.3, -0.25) is 19.8 Å². The lowest BCUT2D eigenvalue weighted by Gasteiger charge is -2.34. The normalized spacial score (nSPS) is 15.3. The van der Waals surface area contributed by atoms with Crippen molar-refractivity contribution in [3.8, 4) is 0 Å². The number of nitrogens with zero attached hydrogens (tertiary/aromatic N) is 5. The lowest BCUT2D eigenvalue weighted by atomic mass is 10.2. The van der Waals surface area contributed by atoms with Crippen molar-refractivity contribution in [2.24, 2.45) is 0 Å². The Balaban J connectivity index is 1.55. The summed E-state index contributed by atoms with van der Waals surface area (Å²) in [7, 11) is 0. The predicted molar refractivity (Wildman–Crippen MR) is 129 cm³/mol. The minimum atomic E-state index is -0.509. The zero-order valence-corrected chi connectivity index (χ0v) is 19.3. The van der Waals surface area contributed by atoms with Gasteiger partial charge in [-0.1, -0.05) is 13.0 Å². The molecule has 1 N–H and O–H groups in total. The number of imidazole rings is 1. The predicted octanol–water partition coefficient (Wildman–Crippen LogP) is 3.92. The Labute approximate surface area is 193 Å². The summed E-state index contributed by atoms with van der Waals surface area (Å²) < 4.78 is 2.26. The second-order valence-corrected chi connectivity index (χ2v) is 8.67. The van der Waals surface area contributed by atoms with Gasteiger partial charge < -0.3 is 14.8 Å². The first kappa shape index (κ1) is 22.9. The molecule has 0 aliphatic carbocycles. The molecule has 1 fully saturated rings. The third kappa shape index (κ3) is 5.04. The average Bonchev–Trinajstić information content (AvgIpc) is 3.16. The maximum atomic E-state index is 12.6. The molecule has 9 nitrogen and oxygen atoms in total. The molecule has 1 saturated heterocycles. The van der Waals surface area contributed by atoms with Gasteiger partial charge in [-0.05, 0) is 44.7 Å². The number of carbonyl (C=O) groups is 1. The van der Waals surface area contributed by atoms with E-state index in [1.165, 1.54) is 18.2 Å². The van der Waals surface area contributed by atoms with Gasteiger partial charge in [0.15, 0.2) is 0 Å². The maximum Gasteiger partial charge on any atom is 0.270 e. The number of hydrogen-bond acceptors (Lipinski definition) is 6. The number of aromatic nitrogens is 2. The monoisotopic (exact) mass is 450 g/mol. The van der Waals surface area contributed by atoms with Crippen LogP contribution < -0.4 is 5.32 Å². The molecular weight excluding hydrogens is 420 g/mol. The van der Waals surface area contributed by atoms with Crippen molar-refractivity contribution in [1.82, 2.24) is 19.4 Å². The number of nitro benzene ring substituents is 1. The Morgan fingerprint density at radius 3 is 2.52 bits per heavy atom. The topological polar surface area (TPSA) is 96.5 Å². The lowest BCUT2D eigenvalue weighted by molar-refractivity contribution is -0.384. The van der Waals surface area contributed by atoms with E-state index in [2.05, 4.69) is 40.5 Å². The Bertz CT molecular complexity index is 1160. The molecule has 2 aromatic carbocycles. The summed E-state index contributed by atoms with van der Waals surface area (Å²) in [5.41, 5.74) is 2.58. The van der Waals surface area contributed by atoms with Crippen molar-refractivity contribution < 1.29 is 9.72 Å². The van der Waals surface area contributed by atoms with E-state index in [9.17, 15) is 14.9 Å². The van der Waals surface area contributed by atoms with Crippen LogP contribution in [0.2, 0.25) is 0 Å². The van der Waals surface area contributed by atoms with Gasteiger partial charge >= 0.3 is 0 Å². The number of carbonyl (C=O) groups excluding carboxylic acids is 1. The van der Waals surface area contributed by atoms with E-state index in [0.29, 0.717) is 5.69 Å². The number of hydrogen-bond donors (Lipinski definition) is 1. The zero-order valence-electron chi connectivity index (χ0n) is 19.3. The van der Waals surface area contributed by atoms with Crippen LogP contribution in [0.4, 0.5) is 11.4 Å². The standard InChI is InChI=1S/C24H30N6O3/c1-4-27-10-12-28(13-11-27)16-23-26-21-15-19(8-9-22(21)29(23)17(2)3)25-24(31)18-6-5-7-20(14-18)30(32)33/h5-9,14-15,17H,4,10-13,16H2,1-3H3,(H,25,31). The van der Waals surface area contributed by atoms with Gasteiger partial charge in [0, 0.05) is 55.6 Å². The summed E-state index contributed by atoms with van der Waals surface area (Å²) in [5, 5.41) is 13.8. The van der Waals surface area contributed by atoms with Crippen molar-refractivity contribution in [3.63, 3.8) is 0 Å². The quantitative estimate of drug-likeness (QED) is 0.433. The summed E-state index contributed by atoms with van der Waals surface area (Å²) in [5.74, 6) is 0.627. The van der Waals surface area contributed by atoms with Crippen LogP contribution in [0.5, 0.6) is 0 Å². The number of nitro groups is 1. The molecule has 1 aliphatic rings. The maximum absolute atomic E-state index is 12.6. The van der Waals surface area contributed by atoms with Gasteiger partial charge in [0.2, 0.25) is 0 Å². The molecule has 0 radical (unpaired) electrons. The number of fused-ring (bicyclic) bond motifs is 1. The van der Waals surface area contributed by atoms with Gasteiger partial charge in [-0.2, -0.15) is 0 Å². The smallest absolute Gasteiger partial charge is 0.270 e. The zero-order chi connectivity index (χ0) is 23.5. The highest BCUT2D eigenvalue weighted by Gasteiger charge is 2.20. The second-order valence-electron chi connectivity index (χ2n) is 8.67. The molecular formula is C24H30N6O3. The molecule has 1 amide bonds. The van der Waals surface area contributed by atoms with Crippen molar-refractivity contribution in [2.45, 2.75) is 33.4 Å². The fourth-order valence-corrected chi connectivity index (χ4v) is 4.34. The molecule has 33 heavy (non-hydrogen) atoms. The van der Waals surface area contributed by atoms with E-state index < -0.39 is 10.8 Å². The van der Waals surface area contributed by atoms with Crippen molar-refractivity contribution in [2.75, 3.05) is 38.0 Å². The number of rotatable bonds is 7. The van der Waals surface area contributed by atoms with Crippen LogP contribution in [0.1, 0.15) is 43.0 Å². The molecule has 0 saturated carbocycles. The van der Waals surface area contributed by atoms with Gasteiger partial charge in [0.25, 0.3) is 11.6 Å². The number of nitrogens with one attached hydrogen (secondary N) is 1. The first-order valence-electron chi connectivity index (χ1n) is 11.4. The number of benzene rings is 2. The summed E-state index contributed by atoms with van der Waals surface area (Å²) in [4.78, 5) is 33.0. The van der Waals surface area contributed by atoms with Crippen LogP contribution in [-0.4, -0.2) is 62.9 Å². The van der Waals surface area contributed by atoms with E-state index in [0.717, 1.165) is 56.1 Å². The number of amides is 1. The van der Waals surface area contributed by atoms with E-state index in [4.69, 9.17) is 4.98 Å². The van der Waals surface area contributed by atoms with Gasteiger partial charge in [0.1, 0.15) is 5.82 Å². The Kier molecular flexibility index (Phi) is 6.71. The molecule has 0 spiro atoms. The van der Waals surface area contributed by atoms with Crippen LogP contribution in [0.25, 0.3) is 11.0 Å². The van der Waals surface area contributed by atoms with Crippen molar-refractivity contribution >= 4 is 28.3 Å². The Hall–Kier alpha value is -3.30. The number of anilines is 1. The minimum Gasteiger partial charge on any atom is -0.324 e. The molecule has 0 atom stereocenters. The molecule has 174 valence electrons. The highest BCUT2D eigenvalue weighted by atomic mass is 16.6. The minimum absolute atomic E-state index is 0.113. The fraction of sp³-hybridized carbons (Fsp3) is 0.417. The van der Waals surface area contributed by atoms with Crippen LogP contribution in [-0.2, 0) is 6.54 Å². The van der Waals surface area contributed by atoms with Crippen molar-refractivity contribution in [1.29, 1.82) is 0 Å². The van der Waals surface area contributed by atoms with E-state index >= 15 is 0 Å². The first-order valence-corrected chi connectivity index (χ1v) is 11.4.